The zero-order chi connectivity index (χ0) is 23.4. The van der Waals surface area contributed by atoms with Crippen LogP contribution in [0, 0.1) is 0 Å². The van der Waals surface area contributed by atoms with Crippen molar-refractivity contribution >= 4 is 17.4 Å². The molecule has 0 bridgehead atoms. The van der Waals surface area contributed by atoms with Crippen molar-refractivity contribution < 1.29 is 34.0 Å². The number of phenols is 1. The topological polar surface area (TPSA) is 106 Å². The lowest BCUT2D eigenvalue weighted by Crippen LogP contribution is -2.30. The second kappa shape index (κ2) is 9.64. The van der Waals surface area contributed by atoms with Crippen LogP contribution < -0.4 is 14.2 Å². The highest BCUT2D eigenvalue weighted by atomic mass is 16.5. The first-order chi connectivity index (χ1) is 15.4. The summed E-state index contributed by atoms with van der Waals surface area (Å²) in [6.07, 6.45) is 1.50. The van der Waals surface area contributed by atoms with Gasteiger partial charge in [-0.05, 0) is 42.3 Å². The largest absolute Gasteiger partial charge is 0.507 e. The second-order valence-electron chi connectivity index (χ2n) is 7.35. The summed E-state index contributed by atoms with van der Waals surface area (Å²) in [5, 5.41) is 21.4. The molecule has 1 heterocycles. The molecule has 0 spiro atoms. The molecular formula is C24H27NO7. The highest BCUT2D eigenvalue weighted by Gasteiger charge is 2.46. The summed E-state index contributed by atoms with van der Waals surface area (Å²) in [6.45, 7) is 2.32. The standard InChI is InChI=1S/C24H27NO7/c1-5-6-11-25-21(14-7-9-17(30-2)16(26)12-14)20(23(28)24(25)29)22(27)15-8-10-18(31-3)19(13-15)32-4/h7-10,12-13,21,26-27H,5-6,11H2,1-4H3/b22-20-. The maximum absolute atomic E-state index is 13.0. The number of aromatic hydroxyl groups is 1. The van der Waals surface area contributed by atoms with Gasteiger partial charge in [0, 0.05) is 12.1 Å². The molecule has 1 atom stereocenters. The van der Waals surface area contributed by atoms with E-state index in [1.807, 2.05) is 6.92 Å². The number of benzene rings is 2. The van der Waals surface area contributed by atoms with Crippen LogP contribution in [-0.2, 0) is 9.59 Å². The molecule has 170 valence electrons. The van der Waals surface area contributed by atoms with Gasteiger partial charge in [0.25, 0.3) is 11.7 Å². The number of nitrogens with zero attached hydrogens (tertiary/aromatic N) is 1. The number of Topliss-reactive ketones (excluding diaryl/α,β-unsaturated/α-hetero) is 1. The number of ketones is 1. The van der Waals surface area contributed by atoms with E-state index in [9.17, 15) is 19.8 Å². The zero-order valence-electron chi connectivity index (χ0n) is 18.5. The summed E-state index contributed by atoms with van der Waals surface area (Å²) in [5.41, 5.74) is 0.738. The Hall–Kier alpha value is -3.68. The van der Waals surface area contributed by atoms with E-state index in [0.717, 1.165) is 6.42 Å². The molecule has 1 amide bonds. The monoisotopic (exact) mass is 441 g/mol. The van der Waals surface area contributed by atoms with Gasteiger partial charge in [0.1, 0.15) is 5.76 Å². The number of amides is 1. The number of carbonyl (C=O) groups is 2. The highest BCUT2D eigenvalue weighted by molar-refractivity contribution is 6.46. The van der Waals surface area contributed by atoms with Crippen LogP contribution in [0.3, 0.4) is 0 Å². The molecule has 0 aliphatic carbocycles. The van der Waals surface area contributed by atoms with E-state index in [1.54, 1.807) is 24.3 Å². The Labute approximate surface area is 186 Å². The molecule has 1 aliphatic heterocycles. The summed E-state index contributed by atoms with van der Waals surface area (Å²) in [6, 6.07) is 8.53. The third-order valence-electron chi connectivity index (χ3n) is 5.47. The Bertz CT molecular complexity index is 1060. The fourth-order valence-corrected chi connectivity index (χ4v) is 3.80. The number of likely N-dealkylation sites (tertiary alicyclic amines) is 1. The van der Waals surface area contributed by atoms with Crippen molar-refractivity contribution in [3.63, 3.8) is 0 Å². The van der Waals surface area contributed by atoms with Crippen LogP contribution in [0.5, 0.6) is 23.0 Å². The molecule has 2 N–H and O–H groups in total. The van der Waals surface area contributed by atoms with Gasteiger partial charge >= 0.3 is 0 Å². The van der Waals surface area contributed by atoms with Crippen LogP contribution in [0.1, 0.15) is 36.9 Å². The van der Waals surface area contributed by atoms with Gasteiger partial charge in [-0.3, -0.25) is 9.59 Å². The number of carbonyl (C=O) groups excluding carboxylic acids is 2. The number of unbranched alkanes of at least 4 members (excludes halogenated alkanes) is 1. The van der Waals surface area contributed by atoms with E-state index in [2.05, 4.69) is 0 Å². The predicted molar refractivity (Wildman–Crippen MR) is 118 cm³/mol. The van der Waals surface area contributed by atoms with Gasteiger partial charge < -0.3 is 29.3 Å². The van der Waals surface area contributed by atoms with Gasteiger partial charge in [0.2, 0.25) is 0 Å². The first-order valence-corrected chi connectivity index (χ1v) is 10.3. The number of methoxy groups -OCH3 is 3. The van der Waals surface area contributed by atoms with Gasteiger partial charge in [-0.2, -0.15) is 0 Å². The zero-order valence-corrected chi connectivity index (χ0v) is 18.5. The minimum absolute atomic E-state index is 0.0529. The molecule has 1 aliphatic rings. The number of hydrogen-bond donors (Lipinski definition) is 2. The minimum atomic E-state index is -0.855. The Morgan fingerprint density at radius 1 is 0.969 bits per heavy atom. The minimum Gasteiger partial charge on any atom is -0.507 e. The Morgan fingerprint density at radius 3 is 2.22 bits per heavy atom. The summed E-state index contributed by atoms with van der Waals surface area (Å²) < 4.78 is 15.6. The Morgan fingerprint density at radius 2 is 1.62 bits per heavy atom. The maximum Gasteiger partial charge on any atom is 0.295 e. The van der Waals surface area contributed by atoms with Gasteiger partial charge in [0.05, 0.1) is 32.9 Å². The lowest BCUT2D eigenvalue weighted by Gasteiger charge is -2.25. The van der Waals surface area contributed by atoms with E-state index in [-0.39, 0.29) is 22.8 Å². The van der Waals surface area contributed by atoms with Crippen molar-refractivity contribution in [3.8, 4) is 23.0 Å². The van der Waals surface area contributed by atoms with Gasteiger partial charge in [-0.15, -0.1) is 0 Å². The van der Waals surface area contributed by atoms with Crippen LogP contribution >= 0.6 is 0 Å². The third kappa shape index (κ3) is 4.08. The first kappa shape index (κ1) is 23.0. The molecule has 32 heavy (non-hydrogen) atoms. The van der Waals surface area contributed by atoms with Crippen molar-refractivity contribution in [1.29, 1.82) is 0 Å². The van der Waals surface area contributed by atoms with Crippen LogP contribution in [0.4, 0.5) is 0 Å². The van der Waals surface area contributed by atoms with Gasteiger partial charge in [0.15, 0.2) is 23.0 Å². The number of phenolic OH excluding ortho intramolecular Hbond substituents is 1. The third-order valence-corrected chi connectivity index (χ3v) is 5.47. The molecular weight excluding hydrogens is 414 g/mol. The molecule has 8 nitrogen and oxygen atoms in total. The van der Waals surface area contributed by atoms with Crippen molar-refractivity contribution in [1.82, 2.24) is 4.90 Å². The summed E-state index contributed by atoms with van der Waals surface area (Å²) in [4.78, 5) is 27.3. The Balaban J connectivity index is 2.19. The Kier molecular flexibility index (Phi) is 6.92. The molecule has 0 aromatic heterocycles. The molecule has 2 aromatic rings. The molecule has 0 saturated carbocycles. The van der Waals surface area contributed by atoms with E-state index in [4.69, 9.17) is 14.2 Å². The lowest BCUT2D eigenvalue weighted by molar-refractivity contribution is -0.139. The summed E-state index contributed by atoms with van der Waals surface area (Å²) >= 11 is 0. The molecule has 8 heteroatoms. The molecule has 1 unspecified atom stereocenters. The SMILES string of the molecule is CCCCN1C(=O)C(=O)/C(=C(\O)c2ccc(OC)c(OC)c2)C1c1ccc(OC)c(O)c1. The van der Waals surface area contributed by atoms with Gasteiger partial charge in [-0.1, -0.05) is 19.4 Å². The van der Waals surface area contributed by atoms with Crippen LogP contribution in [-0.4, -0.2) is 54.7 Å². The van der Waals surface area contributed by atoms with Crippen molar-refractivity contribution in [3.05, 3.63) is 53.1 Å². The normalized spacial score (nSPS) is 17.5. The van der Waals surface area contributed by atoms with Crippen LogP contribution in [0.15, 0.2) is 42.0 Å². The van der Waals surface area contributed by atoms with Crippen molar-refractivity contribution in [2.75, 3.05) is 27.9 Å². The number of hydrogen-bond acceptors (Lipinski definition) is 7. The first-order valence-electron chi connectivity index (χ1n) is 10.3. The van der Waals surface area contributed by atoms with E-state index in [1.165, 1.54) is 38.4 Å². The average Bonchev–Trinajstić information content (AvgIpc) is 3.06. The van der Waals surface area contributed by atoms with Crippen LogP contribution in [0.2, 0.25) is 0 Å². The molecule has 2 aromatic carbocycles. The fourth-order valence-electron chi connectivity index (χ4n) is 3.80. The number of rotatable bonds is 8. The van der Waals surface area contributed by atoms with E-state index < -0.39 is 17.7 Å². The smallest absolute Gasteiger partial charge is 0.295 e. The van der Waals surface area contributed by atoms with E-state index >= 15 is 0 Å². The molecule has 1 saturated heterocycles. The molecule has 0 radical (unpaired) electrons. The molecule has 1 fully saturated rings. The van der Waals surface area contributed by atoms with Crippen LogP contribution in [0.25, 0.3) is 5.76 Å². The predicted octanol–water partition coefficient (Wildman–Crippen LogP) is 3.64. The fraction of sp³-hybridized carbons (Fsp3) is 0.333. The van der Waals surface area contributed by atoms with Gasteiger partial charge in [-0.25, -0.2) is 0 Å². The van der Waals surface area contributed by atoms with Crippen molar-refractivity contribution in [2.24, 2.45) is 0 Å². The maximum atomic E-state index is 13.0. The van der Waals surface area contributed by atoms with Crippen molar-refractivity contribution in [2.45, 2.75) is 25.8 Å². The highest BCUT2D eigenvalue weighted by Crippen LogP contribution is 2.42. The van der Waals surface area contributed by atoms with E-state index in [0.29, 0.717) is 35.6 Å². The number of ether oxygens (including phenoxy) is 3. The molecule has 3 rings (SSSR count). The number of aliphatic hydroxyl groups is 1. The summed E-state index contributed by atoms with van der Waals surface area (Å²) in [5.74, 6) is -0.839. The summed E-state index contributed by atoms with van der Waals surface area (Å²) in [7, 11) is 4.39. The average molecular weight is 441 g/mol. The quantitative estimate of drug-likeness (QED) is 0.366. The number of aliphatic hydroxyl groups excluding tert-OH is 1. The second-order valence-corrected chi connectivity index (χ2v) is 7.35. The lowest BCUT2D eigenvalue weighted by atomic mass is 9.94.